The second-order valence-electron chi connectivity index (χ2n) is 8.74. The lowest BCUT2D eigenvalue weighted by molar-refractivity contribution is 0.0151. The smallest absolute Gasteiger partial charge is 0.315 e. The molecule has 0 saturated heterocycles. The lowest BCUT2D eigenvalue weighted by atomic mass is 9.84. The number of fused-ring (bicyclic) bond motifs is 1. The molecule has 1 fully saturated rings. The molecular weight excluding hydrogens is 411 g/mol. The van der Waals surface area contributed by atoms with Crippen molar-refractivity contribution in [1.29, 1.82) is 0 Å². The highest BCUT2D eigenvalue weighted by molar-refractivity contribution is 5.76. The summed E-state index contributed by atoms with van der Waals surface area (Å²) in [6.07, 6.45) is 2.93. The van der Waals surface area contributed by atoms with Gasteiger partial charge in [-0.3, -0.25) is 0 Å². The Bertz CT molecular complexity index is 1050. The number of aromatic nitrogens is 2. The first-order valence-corrected chi connectivity index (χ1v) is 10.9. The van der Waals surface area contributed by atoms with Crippen LogP contribution in [-0.4, -0.2) is 39.9 Å². The average Bonchev–Trinajstić information content (AvgIpc) is 3.20. The van der Waals surface area contributed by atoms with E-state index < -0.39 is 17.5 Å². The van der Waals surface area contributed by atoms with E-state index in [1.807, 2.05) is 31.2 Å². The van der Waals surface area contributed by atoms with Gasteiger partial charge in [0.2, 0.25) is 0 Å². The Morgan fingerprint density at radius 1 is 1.31 bits per heavy atom. The number of aliphatic hydroxyl groups is 1. The molecule has 1 heterocycles. The van der Waals surface area contributed by atoms with Crippen molar-refractivity contribution in [2.45, 2.75) is 56.7 Å². The molecular formula is C24H29FN4O3. The van der Waals surface area contributed by atoms with E-state index in [4.69, 9.17) is 4.74 Å². The minimum Gasteiger partial charge on any atom is -0.497 e. The van der Waals surface area contributed by atoms with Crippen molar-refractivity contribution in [3.8, 4) is 5.75 Å². The van der Waals surface area contributed by atoms with E-state index in [9.17, 15) is 14.3 Å². The fraction of sp³-hybridized carbons (Fsp3) is 0.417. The molecule has 2 amide bonds. The van der Waals surface area contributed by atoms with Crippen LogP contribution in [0.3, 0.4) is 0 Å². The predicted octanol–water partition coefficient (Wildman–Crippen LogP) is 3.99. The van der Waals surface area contributed by atoms with Crippen LogP contribution >= 0.6 is 0 Å². The molecule has 8 heteroatoms. The number of aromatic amines is 1. The third-order valence-corrected chi connectivity index (χ3v) is 6.13. The average molecular weight is 441 g/mol. The van der Waals surface area contributed by atoms with Crippen LogP contribution in [0.1, 0.15) is 50.0 Å². The molecule has 170 valence electrons. The Hall–Kier alpha value is -3.13. The summed E-state index contributed by atoms with van der Waals surface area (Å²) in [6.45, 7) is 1.82. The van der Waals surface area contributed by atoms with Gasteiger partial charge in [-0.25, -0.2) is 14.2 Å². The van der Waals surface area contributed by atoms with E-state index in [1.54, 1.807) is 12.1 Å². The fourth-order valence-electron chi connectivity index (χ4n) is 4.16. The third kappa shape index (κ3) is 5.19. The van der Waals surface area contributed by atoms with Crippen molar-refractivity contribution in [3.05, 3.63) is 59.7 Å². The van der Waals surface area contributed by atoms with Gasteiger partial charge in [-0.2, -0.15) is 0 Å². The number of halogens is 1. The van der Waals surface area contributed by atoms with Gasteiger partial charge in [-0.1, -0.05) is 18.2 Å². The number of para-hydroxylation sites is 2. The highest BCUT2D eigenvalue weighted by Gasteiger charge is 2.30. The second kappa shape index (κ2) is 9.16. The molecule has 1 atom stereocenters. The number of ether oxygens (including phenoxy) is 1. The molecule has 32 heavy (non-hydrogen) atoms. The maximum absolute atomic E-state index is 14.6. The van der Waals surface area contributed by atoms with E-state index in [0.29, 0.717) is 42.8 Å². The molecule has 0 spiro atoms. The lowest BCUT2D eigenvalue weighted by Gasteiger charge is -2.33. The maximum atomic E-state index is 14.6. The largest absolute Gasteiger partial charge is 0.497 e. The molecule has 0 bridgehead atoms. The van der Waals surface area contributed by atoms with E-state index in [-0.39, 0.29) is 18.5 Å². The number of hydrogen-bond acceptors (Lipinski definition) is 4. The van der Waals surface area contributed by atoms with Gasteiger partial charge in [-0.05, 0) is 56.4 Å². The molecule has 1 aromatic heterocycles. The van der Waals surface area contributed by atoms with Crippen LogP contribution in [0.4, 0.5) is 9.18 Å². The van der Waals surface area contributed by atoms with Crippen LogP contribution in [-0.2, 0) is 6.42 Å². The number of carbonyl (C=O) groups is 1. The van der Waals surface area contributed by atoms with E-state index in [2.05, 4.69) is 20.6 Å². The van der Waals surface area contributed by atoms with Gasteiger partial charge < -0.3 is 25.5 Å². The molecule has 1 unspecified atom stereocenters. The van der Waals surface area contributed by atoms with Gasteiger partial charge in [0, 0.05) is 18.5 Å². The lowest BCUT2D eigenvalue weighted by Crippen LogP contribution is -2.47. The van der Waals surface area contributed by atoms with Crippen molar-refractivity contribution in [3.63, 3.8) is 0 Å². The van der Waals surface area contributed by atoms with Crippen LogP contribution < -0.4 is 15.4 Å². The SMILES string of the molecule is COc1ccc(CC(NC(=O)NC2CCC(C)(O)CC2)c2nc3ccccc3[nH]2)c(F)c1. The predicted molar refractivity (Wildman–Crippen MR) is 120 cm³/mol. The summed E-state index contributed by atoms with van der Waals surface area (Å²) < 4.78 is 19.7. The summed E-state index contributed by atoms with van der Waals surface area (Å²) in [6, 6.07) is 11.4. The van der Waals surface area contributed by atoms with Gasteiger partial charge in [0.25, 0.3) is 0 Å². The number of carbonyl (C=O) groups excluding carboxylic acids is 1. The van der Waals surface area contributed by atoms with Gasteiger partial charge in [0.05, 0.1) is 29.8 Å². The summed E-state index contributed by atoms with van der Waals surface area (Å²) in [5, 5.41) is 16.1. The molecule has 0 aliphatic heterocycles. The summed E-state index contributed by atoms with van der Waals surface area (Å²) in [7, 11) is 1.49. The standard InChI is InChI=1S/C24H29FN4O3/c1-24(31)11-9-16(10-12-24)26-23(30)29-21(13-15-7-8-17(32-2)14-18(15)25)22-27-19-5-3-4-6-20(19)28-22/h3-8,14,16,21,31H,9-13H2,1-2H3,(H,27,28)(H2,26,29,30). The molecule has 4 rings (SSSR count). The highest BCUT2D eigenvalue weighted by Crippen LogP contribution is 2.28. The first-order valence-electron chi connectivity index (χ1n) is 10.9. The number of amides is 2. The number of H-pyrrole nitrogens is 1. The van der Waals surface area contributed by atoms with E-state index in [0.717, 1.165) is 11.0 Å². The van der Waals surface area contributed by atoms with Gasteiger partial charge in [0.15, 0.2) is 0 Å². The van der Waals surface area contributed by atoms with Crippen molar-refractivity contribution in [1.82, 2.24) is 20.6 Å². The van der Waals surface area contributed by atoms with Crippen LogP contribution in [0.2, 0.25) is 0 Å². The zero-order chi connectivity index (χ0) is 22.7. The summed E-state index contributed by atoms with van der Waals surface area (Å²) in [4.78, 5) is 20.7. The molecule has 1 aliphatic rings. The number of nitrogens with one attached hydrogen (secondary N) is 3. The maximum Gasteiger partial charge on any atom is 0.315 e. The topological polar surface area (TPSA) is 99.3 Å². The Balaban J connectivity index is 1.52. The number of imidazole rings is 1. The Morgan fingerprint density at radius 2 is 2.06 bits per heavy atom. The summed E-state index contributed by atoms with van der Waals surface area (Å²) >= 11 is 0. The molecule has 4 N–H and O–H groups in total. The Labute approximate surface area is 186 Å². The third-order valence-electron chi connectivity index (χ3n) is 6.13. The van der Waals surface area contributed by atoms with Gasteiger partial charge in [0.1, 0.15) is 17.4 Å². The van der Waals surface area contributed by atoms with Crippen molar-refractivity contribution < 1.29 is 19.0 Å². The number of urea groups is 1. The van der Waals surface area contributed by atoms with Crippen molar-refractivity contribution >= 4 is 17.1 Å². The van der Waals surface area contributed by atoms with Gasteiger partial charge in [-0.15, -0.1) is 0 Å². The first kappa shape index (κ1) is 22.1. The number of nitrogens with zero attached hydrogens (tertiary/aromatic N) is 1. The van der Waals surface area contributed by atoms with E-state index in [1.165, 1.54) is 13.2 Å². The Kier molecular flexibility index (Phi) is 6.32. The quantitative estimate of drug-likeness (QED) is 0.466. The summed E-state index contributed by atoms with van der Waals surface area (Å²) in [5.41, 5.74) is 1.40. The molecule has 0 radical (unpaired) electrons. The number of methoxy groups -OCH3 is 1. The Morgan fingerprint density at radius 3 is 2.75 bits per heavy atom. The number of rotatable bonds is 6. The molecule has 1 aliphatic carbocycles. The van der Waals surface area contributed by atoms with E-state index >= 15 is 0 Å². The van der Waals surface area contributed by atoms with Crippen molar-refractivity contribution in [2.75, 3.05) is 7.11 Å². The molecule has 3 aromatic rings. The molecule has 7 nitrogen and oxygen atoms in total. The van der Waals surface area contributed by atoms with Gasteiger partial charge >= 0.3 is 6.03 Å². The highest BCUT2D eigenvalue weighted by atomic mass is 19.1. The van der Waals surface area contributed by atoms with Crippen LogP contribution in [0.5, 0.6) is 5.75 Å². The van der Waals surface area contributed by atoms with Crippen molar-refractivity contribution in [2.24, 2.45) is 0 Å². The minimum atomic E-state index is -0.669. The number of benzene rings is 2. The van der Waals surface area contributed by atoms with Crippen LogP contribution in [0.25, 0.3) is 11.0 Å². The fourth-order valence-corrected chi connectivity index (χ4v) is 4.16. The monoisotopic (exact) mass is 440 g/mol. The molecule has 2 aromatic carbocycles. The molecule has 1 saturated carbocycles. The zero-order valence-corrected chi connectivity index (χ0v) is 18.3. The van der Waals surface area contributed by atoms with Crippen LogP contribution in [0.15, 0.2) is 42.5 Å². The first-order chi connectivity index (χ1) is 15.3. The zero-order valence-electron chi connectivity index (χ0n) is 18.3. The summed E-state index contributed by atoms with van der Waals surface area (Å²) in [5.74, 6) is 0.593. The normalized spacial score (nSPS) is 21.8. The minimum absolute atomic E-state index is 0.00993. The number of hydrogen-bond donors (Lipinski definition) is 4. The second-order valence-corrected chi connectivity index (χ2v) is 8.74. The van der Waals surface area contributed by atoms with Crippen LogP contribution in [0, 0.1) is 5.82 Å².